The van der Waals surface area contributed by atoms with Gasteiger partial charge in [-0.15, -0.1) is 0 Å². The van der Waals surface area contributed by atoms with Gasteiger partial charge in [-0.1, -0.05) is 0 Å². The topological polar surface area (TPSA) is 37.9 Å². The standard InChI is InChI=1S/C22H15BrF2N2O/c1-28-19-11-6-15(12-18(19)23)22-26-20(13-2-7-16(24)8-3-13)21(27-22)14-4-9-17(25)10-5-14/h2-12H,1H3,(H,26,27). The highest BCUT2D eigenvalue weighted by atomic mass is 79.9. The number of rotatable bonds is 4. The Bertz CT molecular complexity index is 1060. The van der Waals surface area contributed by atoms with E-state index in [-0.39, 0.29) is 11.6 Å². The van der Waals surface area contributed by atoms with Gasteiger partial charge in [0.05, 0.1) is 23.0 Å². The summed E-state index contributed by atoms with van der Waals surface area (Å²) < 4.78 is 32.8. The molecule has 0 saturated carbocycles. The quantitative estimate of drug-likeness (QED) is 0.395. The van der Waals surface area contributed by atoms with Gasteiger partial charge in [0, 0.05) is 16.7 Å². The number of nitrogens with one attached hydrogen (secondary N) is 1. The lowest BCUT2D eigenvalue weighted by Gasteiger charge is -2.04. The van der Waals surface area contributed by atoms with Crippen molar-refractivity contribution in [2.24, 2.45) is 0 Å². The second kappa shape index (κ2) is 7.56. The molecule has 0 aliphatic heterocycles. The van der Waals surface area contributed by atoms with Crippen LogP contribution in [0.15, 0.2) is 71.2 Å². The number of hydrogen-bond acceptors (Lipinski definition) is 2. The summed E-state index contributed by atoms with van der Waals surface area (Å²) in [6, 6.07) is 17.9. The predicted octanol–water partition coefficient (Wildman–Crippen LogP) is 6.46. The maximum atomic E-state index is 13.4. The Morgan fingerprint density at radius 1 is 0.821 bits per heavy atom. The van der Waals surface area contributed by atoms with Crippen molar-refractivity contribution in [3.63, 3.8) is 0 Å². The molecule has 0 spiro atoms. The van der Waals surface area contributed by atoms with Crippen LogP contribution in [-0.2, 0) is 0 Å². The lowest BCUT2D eigenvalue weighted by Crippen LogP contribution is -1.86. The lowest BCUT2D eigenvalue weighted by molar-refractivity contribution is 0.412. The van der Waals surface area contributed by atoms with Gasteiger partial charge in [-0.2, -0.15) is 0 Å². The maximum absolute atomic E-state index is 13.4. The van der Waals surface area contributed by atoms with Crippen molar-refractivity contribution in [1.29, 1.82) is 0 Å². The highest BCUT2D eigenvalue weighted by Gasteiger charge is 2.16. The number of ether oxygens (including phenoxy) is 1. The summed E-state index contributed by atoms with van der Waals surface area (Å²) >= 11 is 3.49. The van der Waals surface area contributed by atoms with E-state index in [1.54, 1.807) is 31.4 Å². The first-order chi connectivity index (χ1) is 13.5. The molecule has 1 aromatic heterocycles. The van der Waals surface area contributed by atoms with Crippen LogP contribution in [0.25, 0.3) is 33.9 Å². The number of H-pyrrole nitrogens is 1. The van der Waals surface area contributed by atoms with Crippen molar-refractivity contribution in [3.05, 3.63) is 82.8 Å². The first kappa shape index (κ1) is 18.4. The molecule has 0 aliphatic carbocycles. The Balaban J connectivity index is 1.87. The largest absolute Gasteiger partial charge is 0.496 e. The monoisotopic (exact) mass is 440 g/mol. The van der Waals surface area contributed by atoms with Crippen molar-refractivity contribution in [2.75, 3.05) is 7.11 Å². The SMILES string of the molecule is COc1ccc(-c2nc(-c3ccc(F)cc3)c(-c3ccc(F)cc3)[nH]2)cc1Br. The summed E-state index contributed by atoms with van der Waals surface area (Å²) in [5.41, 5.74) is 3.79. The van der Waals surface area contributed by atoms with Crippen LogP contribution in [0.5, 0.6) is 5.75 Å². The first-order valence-electron chi connectivity index (χ1n) is 8.51. The second-order valence-corrected chi connectivity index (χ2v) is 7.03. The van der Waals surface area contributed by atoms with Crippen LogP contribution < -0.4 is 4.74 Å². The first-order valence-corrected chi connectivity index (χ1v) is 9.30. The highest BCUT2D eigenvalue weighted by molar-refractivity contribution is 9.10. The summed E-state index contributed by atoms with van der Waals surface area (Å²) in [4.78, 5) is 8.07. The van der Waals surface area contributed by atoms with Crippen molar-refractivity contribution in [2.45, 2.75) is 0 Å². The maximum Gasteiger partial charge on any atom is 0.138 e. The molecule has 0 radical (unpaired) electrons. The van der Waals surface area contributed by atoms with Crippen LogP contribution in [0.2, 0.25) is 0 Å². The third kappa shape index (κ3) is 3.55. The smallest absolute Gasteiger partial charge is 0.138 e. The van der Waals surface area contributed by atoms with Gasteiger partial charge in [-0.25, -0.2) is 13.8 Å². The number of imidazole rings is 1. The van der Waals surface area contributed by atoms with Gasteiger partial charge in [0.2, 0.25) is 0 Å². The molecule has 3 aromatic carbocycles. The molecule has 0 unspecified atom stereocenters. The van der Waals surface area contributed by atoms with E-state index in [2.05, 4.69) is 20.9 Å². The second-order valence-electron chi connectivity index (χ2n) is 6.17. The molecule has 0 atom stereocenters. The third-order valence-electron chi connectivity index (χ3n) is 4.38. The zero-order valence-corrected chi connectivity index (χ0v) is 16.4. The molecule has 28 heavy (non-hydrogen) atoms. The van der Waals surface area contributed by atoms with E-state index in [0.29, 0.717) is 17.3 Å². The number of nitrogens with zero attached hydrogens (tertiary/aromatic N) is 1. The van der Waals surface area contributed by atoms with Crippen LogP contribution in [0, 0.1) is 11.6 Å². The third-order valence-corrected chi connectivity index (χ3v) is 5.00. The Hall–Kier alpha value is -2.99. The van der Waals surface area contributed by atoms with Gasteiger partial charge in [0.15, 0.2) is 0 Å². The van der Waals surface area contributed by atoms with Gasteiger partial charge >= 0.3 is 0 Å². The van der Waals surface area contributed by atoms with E-state index in [1.165, 1.54) is 24.3 Å². The minimum Gasteiger partial charge on any atom is -0.496 e. The van der Waals surface area contributed by atoms with Crippen LogP contribution in [0.1, 0.15) is 0 Å². The lowest BCUT2D eigenvalue weighted by atomic mass is 10.1. The van der Waals surface area contributed by atoms with Gasteiger partial charge in [-0.3, -0.25) is 0 Å². The summed E-state index contributed by atoms with van der Waals surface area (Å²) in [5.74, 6) is 0.725. The number of hydrogen-bond donors (Lipinski definition) is 1. The average Bonchev–Trinajstić information content (AvgIpc) is 3.14. The number of benzene rings is 3. The molecule has 0 saturated heterocycles. The van der Waals surface area contributed by atoms with E-state index < -0.39 is 0 Å². The number of halogens is 3. The fraction of sp³-hybridized carbons (Fsp3) is 0.0455. The van der Waals surface area contributed by atoms with Crippen molar-refractivity contribution in [3.8, 4) is 39.7 Å². The molecule has 4 rings (SSSR count). The van der Waals surface area contributed by atoms with Crippen molar-refractivity contribution in [1.82, 2.24) is 9.97 Å². The Labute approximate surface area is 169 Å². The van der Waals surface area contributed by atoms with E-state index in [1.807, 2.05) is 18.2 Å². The molecule has 6 heteroatoms. The Kier molecular flexibility index (Phi) is 4.96. The predicted molar refractivity (Wildman–Crippen MR) is 109 cm³/mol. The molecular weight excluding hydrogens is 426 g/mol. The van der Waals surface area contributed by atoms with Gasteiger partial charge in [-0.05, 0) is 82.7 Å². The minimum absolute atomic E-state index is 0.314. The zero-order chi connectivity index (χ0) is 19.7. The summed E-state index contributed by atoms with van der Waals surface area (Å²) in [6.45, 7) is 0. The number of aromatic nitrogens is 2. The molecule has 0 amide bonds. The van der Waals surface area contributed by atoms with E-state index >= 15 is 0 Å². The van der Waals surface area contributed by atoms with E-state index in [4.69, 9.17) is 9.72 Å². The molecule has 1 heterocycles. The zero-order valence-electron chi connectivity index (χ0n) is 14.8. The van der Waals surface area contributed by atoms with Crippen LogP contribution in [-0.4, -0.2) is 17.1 Å². The molecule has 1 N–H and O–H groups in total. The van der Waals surface area contributed by atoms with E-state index in [0.717, 1.165) is 26.9 Å². The van der Waals surface area contributed by atoms with Crippen LogP contribution >= 0.6 is 15.9 Å². The Morgan fingerprint density at radius 3 is 1.96 bits per heavy atom. The van der Waals surface area contributed by atoms with Gasteiger partial charge in [0.1, 0.15) is 23.2 Å². The molecule has 0 fully saturated rings. The Morgan fingerprint density at radius 2 is 1.39 bits per heavy atom. The summed E-state index contributed by atoms with van der Waals surface area (Å²) in [7, 11) is 1.60. The van der Waals surface area contributed by atoms with Gasteiger partial charge in [0.25, 0.3) is 0 Å². The van der Waals surface area contributed by atoms with Crippen molar-refractivity contribution >= 4 is 15.9 Å². The van der Waals surface area contributed by atoms with Gasteiger partial charge < -0.3 is 9.72 Å². The van der Waals surface area contributed by atoms with Crippen LogP contribution in [0.3, 0.4) is 0 Å². The fourth-order valence-electron chi connectivity index (χ4n) is 2.97. The van der Waals surface area contributed by atoms with Crippen LogP contribution in [0.4, 0.5) is 8.78 Å². The molecule has 140 valence electrons. The molecule has 0 aliphatic rings. The molecule has 4 aromatic rings. The molecule has 3 nitrogen and oxygen atoms in total. The molecular formula is C22H15BrF2N2O. The molecule has 0 bridgehead atoms. The van der Waals surface area contributed by atoms with E-state index in [9.17, 15) is 8.78 Å². The minimum atomic E-state index is -0.318. The summed E-state index contributed by atoms with van der Waals surface area (Å²) in [6.07, 6.45) is 0. The summed E-state index contributed by atoms with van der Waals surface area (Å²) in [5, 5.41) is 0. The number of aromatic amines is 1. The highest BCUT2D eigenvalue weighted by Crippen LogP contribution is 2.35. The van der Waals surface area contributed by atoms with Crippen molar-refractivity contribution < 1.29 is 13.5 Å². The fourth-order valence-corrected chi connectivity index (χ4v) is 3.51. The average molecular weight is 441 g/mol. The normalized spacial score (nSPS) is 10.9. The number of methoxy groups -OCH3 is 1.